The summed E-state index contributed by atoms with van der Waals surface area (Å²) in [5.41, 5.74) is 5.11. The second kappa shape index (κ2) is 5.78. The average molecular weight is 302 g/mol. The number of allylic oxidation sites excluding steroid dienone is 1. The largest absolute Gasteiger partial charge is 0.461 e. The van der Waals surface area contributed by atoms with E-state index in [0.717, 1.165) is 34.7 Å². The topological polar surface area (TPSA) is 42.1 Å². The fourth-order valence-electron chi connectivity index (χ4n) is 2.60. The van der Waals surface area contributed by atoms with Crippen LogP contribution in [0.3, 0.4) is 0 Å². The molecule has 1 N–H and O–H groups in total. The van der Waals surface area contributed by atoms with E-state index in [9.17, 15) is 4.79 Å². The van der Waals surface area contributed by atoms with Crippen molar-refractivity contribution in [2.24, 2.45) is 0 Å². The third-order valence-corrected chi connectivity index (χ3v) is 3.85. The van der Waals surface area contributed by atoms with Crippen LogP contribution in [0, 0.1) is 0 Å². The molecule has 0 radical (unpaired) electrons. The Bertz CT molecular complexity index is 698. The molecule has 0 amide bonds. The van der Waals surface area contributed by atoms with Crippen molar-refractivity contribution in [3.8, 4) is 0 Å². The number of aryl methyl sites for hydroxylation is 1. The lowest BCUT2D eigenvalue weighted by atomic mass is 10.1. The molecule has 1 aromatic heterocycles. The predicted molar refractivity (Wildman–Crippen MR) is 84.4 cm³/mol. The second-order valence-electron chi connectivity index (χ2n) is 5.02. The van der Waals surface area contributed by atoms with Gasteiger partial charge < -0.3 is 9.72 Å². The summed E-state index contributed by atoms with van der Waals surface area (Å²) in [4.78, 5) is 14.9. The van der Waals surface area contributed by atoms with Gasteiger partial charge in [-0.1, -0.05) is 29.8 Å². The van der Waals surface area contributed by atoms with Crippen molar-refractivity contribution in [2.75, 3.05) is 6.61 Å². The van der Waals surface area contributed by atoms with Gasteiger partial charge in [-0.2, -0.15) is 0 Å². The Morgan fingerprint density at radius 3 is 2.81 bits per heavy atom. The van der Waals surface area contributed by atoms with Crippen LogP contribution in [0.1, 0.15) is 40.7 Å². The molecule has 0 saturated heterocycles. The van der Waals surface area contributed by atoms with Crippen molar-refractivity contribution in [1.29, 1.82) is 0 Å². The van der Waals surface area contributed by atoms with E-state index in [1.165, 1.54) is 5.57 Å². The molecule has 1 heterocycles. The number of rotatable bonds is 3. The van der Waals surface area contributed by atoms with Gasteiger partial charge in [0.15, 0.2) is 0 Å². The minimum atomic E-state index is -0.294. The van der Waals surface area contributed by atoms with Gasteiger partial charge in [0.05, 0.1) is 6.61 Å². The Hall–Kier alpha value is -2.00. The fourth-order valence-corrected chi connectivity index (χ4v) is 2.73. The Kier molecular flexibility index (Phi) is 3.84. The first kappa shape index (κ1) is 14.0. The Morgan fingerprint density at radius 1 is 1.33 bits per heavy atom. The molecule has 1 aromatic carbocycles. The number of halogens is 1. The normalized spacial score (nSPS) is 15.2. The van der Waals surface area contributed by atoms with Crippen molar-refractivity contribution >= 4 is 29.2 Å². The summed E-state index contributed by atoms with van der Waals surface area (Å²) in [6, 6.07) is 9.64. The number of fused-ring (bicyclic) bond motifs is 1. The molecule has 1 aliphatic carbocycles. The quantitative estimate of drug-likeness (QED) is 0.857. The summed E-state index contributed by atoms with van der Waals surface area (Å²) in [5, 5.41) is 0.732. The van der Waals surface area contributed by atoms with Gasteiger partial charge in [0.1, 0.15) is 5.69 Å². The van der Waals surface area contributed by atoms with Gasteiger partial charge in [0, 0.05) is 10.7 Å². The summed E-state index contributed by atoms with van der Waals surface area (Å²) in [6.45, 7) is 2.19. The summed E-state index contributed by atoms with van der Waals surface area (Å²) in [7, 11) is 0. The number of hydrogen-bond donors (Lipinski definition) is 1. The van der Waals surface area contributed by atoms with Crippen molar-refractivity contribution in [3.63, 3.8) is 0 Å². The van der Waals surface area contributed by atoms with E-state index >= 15 is 0 Å². The highest BCUT2D eigenvalue weighted by atomic mass is 35.5. The van der Waals surface area contributed by atoms with Crippen LogP contribution >= 0.6 is 11.6 Å². The third kappa shape index (κ3) is 2.88. The van der Waals surface area contributed by atoms with E-state index in [0.29, 0.717) is 12.3 Å². The summed E-state index contributed by atoms with van der Waals surface area (Å²) < 4.78 is 5.03. The molecule has 3 rings (SSSR count). The monoisotopic (exact) mass is 301 g/mol. The van der Waals surface area contributed by atoms with Gasteiger partial charge >= 0.3 is 5.97 Å². The van der Waals surface area contributed by atoms with Gasteiger partial charge in [0.2, 0.25) is 0 Å². The number of aromatic amines is 1. The molecule has 0 aliphatic heterocycles. The number of H-pyrrole nitrogens is 1. The van der Waals surface area contributed by atoms with Crippen molar-refractivity contribution in [2.45, 2.75) is 19.8 Å². The van der Waals surface area contributed by atoms with Crippen LogP contribution in [-0.4, -0.2) is 17.6 Å². The molecule has 0 spiro atoms. The molecule has 2 aromatic rings. The van der Waals surface area contributed by atoms with Gasteiger partial charge in [-0.15, -0.1) is 0 Å². The lowest BCUT2D eigenvalue weighted by molar-refractivity contribution is 0.0520. The fraction of sp³-hybridized carbons (Fsp3) is 0.235. The third-order valence-electron chi connectivity index (χ3n) is 3.60. The molecule has 3 nitrogen and oxygen atoms in total. The first-order chi connectivity index (χ1) is 10.2. The van der Waals surface area contributed by atoms with Gasteiger partial charge in [-0.3, -0.25) is 0 Å². The number of carbonyl (C=O) groups is 1. The number of benzene rings is 1. The smallest absolute Gasteiger partial charge is 0.354 e. The second-order valence-corrected chi connectivity index (χ2v) is 5.45. The van der Waals surface area contributed by atoms with E-state index < -0.39 is 0 Å². The molecule has 0 fully saturated rings. The Labute approximate surface area is 128 Å². The highest BCUT2D eigenvalue weighted by Crippen LogP contribution is 2.34. The van der Waals surface area contributed by atoms with Gasteiger partial charge in [0.25, 0.3) is 0 Å². The molecule has 108 valence electrons. The van der Waals surface area contributed by atoms with E-state index in [2.05, 4.69) is 11.1 Å². The molecular formula is C17H16ClNO2. The zero-order chi connectivity index (χ0) is 14.8. The molecule has 0 unspecified atom stereocenters. The van der Waals surface area contributed by atoms with Crippen LogP contribution in [-0.2, 0) is 11.2 Å². The maximum atomic E-state index is 11.8. The minimum Gasteiger partial charge on any atom is -0.461 e. The number of hydrogen-bond acceptors (Lipinski definition) is 2. The van der Waals surface area contributed by atoms with Crippen LogP contribution in [0.25, 0.3) is 11.6 Å². The number of esters is 1. The zero-order valence-electron chi connectivity index (χ0n) is 11.8. The molecule has 0 atom stereocenters. The van der Waals surface area contributed by atoms with Gasteiger partial charge in [-0.25, -0.2) is 4.79 Å². The van der Waals surface area contributed by atoms with Crippen LogP contribution in [0.15, 0.2) is 30.3 Å². The molecule has 0 bridgehead atoms. The number of ether oxygens (including phenoxy) is 1. The van der Waals surface area contributed by atoms with Gasteiger partial charge in [-0.05, 0) is 54.7 Å². The molecule has 21 heavy (non-hydrogen) atoms. The van der Waals surface area contributed by atoms with Crippen LogP contribution in [0.4, 0.5) is 0 Å². The summed E-state index contributed by atoms with van der Waals surface area (Å²) in [5.74, 6) is -0.294. The summed E-state index contributed by atoms with van der Waals surface area (Å²) in [6.07, 6.45) is 4.05. The number of carbonyl (C=O) groups excluding carboxylic acids is 1. The number of nitrogens with one attached hydrogen (secondary N) is 1. The summed E-state index contributed by atoms with van der Waals surface area (Å²) >= 11 is 5.90. The predicted octanol–water partition coefficient (Wildman–Crippen LogP) is 4.33. The molecule has 1 aliphatic rings. The number of aromatic nitrogens is 1. The molecule has 0 saturated carbocycles. The van der Waals surface area contributed by atoms with Crippen molar-refractivity contribution in [1.82, 2.24) is 4.98 Å². The molecular weight excluding hydrogens is 286 g/mol. The van der Waals surface area contributed by atoms with E-state index in [4.69, 9.17) is 16.3 Å². The average Bonchev–Trinajstić information content (AvgIpc) is 3.03. The molecule has 4 heteroatoms. The lowest BCUT2D eigenvalue weighted by Crippen LogP contribution is -2.05. The highest BCUT2D eigenvalue weighted by Gasteiger charge is 2.22. The lowest BCUT2D eigenvalue weighted by Gasteiger charge is -2.00. The SMILES string of the molecule is CCOC(=O)c1cc2c([nH]1)CC/C2=C/c1ccc(Cl)cc1. The maximum absolute atomic E-state index is 11.8. The maximum Gasteiger partial charge on any atom is 0.354 e. The van der Waals surface area contributed by atoms with E-state index in [1.807, 2.05) is 30.3 Å². The van der Waals surface area contributed by atoms with Crippen molar-refractivity contribution < 1.29 is 9.53 Å². The van der Waals surface area contributed by atoms with Crippen LogP contribution < -0.4 is 0 Å². The van der Waals surface area contributed by atoms with Crippen molar-refractivity contribution in [3.05, 3.63) is 57.9 Å². The van der Waals surface area contributed by atoms with E-state index in [1.54, 1.807) is 6.92 Å². The minimum absolute atomic E-state index is 0.294. The zero-order valence-corrected chi connectivity index (χ0v) is 12.5. The van der Waals surface area contributed by atoms with Crippen LogP contribution in [0.5, 0.6) is 0 Å². The van der Waals surface area contributed by atoms with E-state index in [-0.39, 0.29) is 5.97 Å². The Morgan fingerprint density at radius 2 is 2.10 bits per heavy atom. The van der Waals surface area contributed by atoms with Crippen LogP contribution in [0.2, 0.25) is 5.02 Å². The standard InChI is InChI=1S/C17H16ClNO2/c1-2-21-17(20)16-10-14-12(5-8-15(14)19-16)9-11-3-6-13(18)7-4-11/h3-4,6-7,9-10,19H,2,5,8H2,1H3/b12-9-. The first-order valence-corrected chi connectivity index (χ1v) is 7.40. The first-order valence-electron chi connectivity index (χ1n) is 7.03. The Balaban J connectivity index is 1.89. The highest BCUT2D eigenvalue weighted by molar-refractivity contribution is 6.30.